The van der Waals surface area contributed by atoms with Crippen molar-refractivity contribution in [2.45, 2.75) is 6.18 Å². The van der Waals surface area contributed by atoms with E-state index in [9.17, 15) is 22.4 Å². The molecule has 0 aliphatic carbocycles. The number of hydrogen-bond acceptors (Lipinski definition) is 2. The smallest absolute Gasteiger partial charge is 0.268 e. The molecule has 3 nitrogen and oxygen atoms in total. The largest absolute Gasteiger partial charge is 0.419 e. The molecule has 94 valence electrons. The van der Waals surface area contributed by atoms with Gasteiger partial charge in [0.05, 0.1) is 11.8 Å². The number of benzene rings is 1. The van der Waals surface area contributed by atoms with Crippen LogP contribution in [-0.4, -0.2) is 10.2 Å². The molecule has 0 unspecified atom stereocenters. The Labute approximate surface area is 98.1 Å². The predicted molar refractivity (Wildman–Crippen MR) is 55.3 cm³/mol. The van der Waals surface area contributed by atoms with Gasteiger partial charge in [0.25, 0.3) is 5.56 Å². The van der Waals surface area contributed by atoms with Crippen LogP contribution < -0.4 is 5.56 Å². The lowest BCUT2D eigenvalue weighted by atomic mass is 10.0. The number of aromatic nitrogens is 2. The first-order chi connectivity index (χ1) is 8.38. The maximum absolute atomic E-state index is 13.1. The zero-order chi connectivity index (χ0) is 13.3. The number of alkyl halides is 3. The van der Waals surface area contributed by atoms with E-state index in [0.29, 0.717) is 12.1 Å². The lowest BCUT2D eigenvalue weighted by molar-refractivity contribution is -0.139. The molecular formula is C11H6F4N2O. The molecule has 0 aliphatic rings. The highest BCUT2D eigenvalue weighted by molar-refractivity contribution is 5.63. The van der Waals surface area contributed by atoms with Gasteiger partial charge in [0.2, 0.25) is 0 Å². The van der Waals surface area contributed by atoms with Gasteiger partial charge in [0.1, 0.15) is 5.82 Å². The van der Waals surface area contributed by atoms with Crippen LogP contribution in [0.1, 0.15) is 5.56 Å². The van der Waals surface area contributed by atoms with Gasteiger partial charge in [-0.2, -0.15) is 18.3 Å². The number of nitrogens with one attached hydrogen (secondary N) is 1. The van der Waals surface area contributed by atoms with E-state index >= 15 is 0 Å². The summed E-state index contributed by atoms with van der Waals surface area (Å²) in [7, 11) is 0. The molecule has 0 radical (unpaired) electrons. The van der Waals surface area contributed by atoms with Crippen LogP contribution in [0, 0.1) is 5.82 Å². The topological polar surface area (TPSA) is 45.8 Å². The van der Waals surface area contributed by atoms with E-state index < -0.39 is 23.1 Å². The number of halogens is 4. The second-order valence-corrected chi connectivity index (χ2v) is 3.53. The van der Waals surface area contributed by atoms with Crippen LogP contribution in [0.2, 0.25) is 0 Å². The van der Waals surface area contributed by atoms with Crippen LogP contribution in [-0.2, 0) is 6.18 Å². The number of hydrogen-bond donors (Lipinski definition) is 1. The summed E-state index contributed by atoms with van der Waals surface area (Å²) in [4.78, 5) is 11.0. The lowest BCUT2D eigenvalue weighted by Gasteiger charge is -2.09. The standard InChI is InChI=1S/C11H6F4N2O/c12-9-2-1-6(3-8(9)11(13,14)15)7-4-10(18)17-16-5-7/h1-5H,(H,17,18). The third-order valence-corrected chi connectivity index (χ3v) is 2.27. The molecular weight excluding hydrogens is 252 g/mol. The normalized spacial score (nSPS) is 11.6. The Kier molecular flexibility index (Phi) is 2.90. The van der Waals surface area contributed by atoms with Crippen LogP contribution in [0.3, 0.4) is 0 Å². The summed E-state index contributed by atoms with van der Waals surface area (Å²) in [6.07, 6.45) is -3.59. The molecule has 0 atom stereocenters. The molecule has 1 aromatic carbocycles. The summed E-state index contributed by atoms with van der Waals surface area (Å²) < 4.78 is 50.6. The van der Waals surface area contributed by atoms with Crippen molar-refractivity contribution in [3.8, 4) is 11.1 Å². The highest BCUT2D eigenvalue weighted by atomic mass is 19.4. The minimum atomic E-state index is -4.78. The van der Waals surface area contributed by atoms with E-state index in [2.05, 4.69) is 10.2 Å². The molecule has 1 heterocycles. The van der Waals surface area contributed by atoms with E-state index in [-0.39, 0.29) is 11.1 Å². The Balaban J connectivity index is 2.58. The molecule has 18 heavy (non-hydrogen) atoms. The van der Waals surface area contributed by atoms with Gasteiger partial charge in [-0.25, -0.2) is 9.49 Å². The third kappa shape index (κ3) is 2.39. The van der Waals surface area contributed by atoms with Gasteiger partial charge in [-0.05, 0) is 17.7 Å². The summed E-state index contributed by atoms with van der Waals surface area (Å²) >= 11 is 0. The zero-order valence-electron chi connectivity index (χ0n) is 8.75. The van der Waals surface area contributed by atoms with Crippen LogP contribution in [0.15, 0.2) is 35.3 Å². The second-order valence-electron chi connectivity index (χ2n) is 3.53. The first-order valence-electron chi connectivity index (χ1n) is 4.80. The Bertz CT molecular complexity index is 633. The summed E-state index contributed by atoms with van der Waals surface area (Å²) in [5.74, 6) is -1.36. The Hall–Kier alpha value is -2.18. The summed E-state index contributed by atoms with van der Waals surface area (Å²) in [6.45, 7) is 0. The molecule has 0 spiro atoms. The molecule has 1 N–H and O–H groups in total. The molecule has 2 rings (SSSR count). The van der Waals surface area contributed by atoms with Gasteiger partial charge in [-0.15, -0.1) is 0 Å². The summed E-state index contributed by atoms with van der Waals surface area (Å²) in [5.41, 5.74) is -1.67. The maximum Gasteiger partial charge on any atom is 0.419 e. The van der Waals surface area contributed by atoms with Crippen LogP contribution in [0.4, 0.5) is 17.6 Å². The predicted octanol–water partition coefficient (Wildman–Crippen LogP) is 2.59. The van der Waals surface area contributed by atoms with Crippen molar-refractivity contribution < 1.29 is 17.6 Å². The van der Waals surface area contributed by atoms with Crippen molar-refractivity contribution in [1.29, 1.82) is 0 Å². The van der Waals surface area contributed by atoms with Gasteiger partial charge in [-0.3, -0.25) is 4.79 Å². The first-order valence-corrected chi connectivity index (χ1v) is 4.80. The molecule has 2 aromatic rings. The average Bonchev–Trinajstić information content (AvgIpc) is 2.28. The molecule has 0 bridgehead atoms. The second kappa shape index (κ2) is 4.25. The molecule has 0 amide bonds. The van der Waals surface area contributed by atoms with E-state index in [0.717, 1.165) is 12.1 Å². The first kappa shape index (κ1) is 12.3. The van der Waals surface area contributed by atoms with Crippen LogP contribution >= 0.6 is 0 Å². The monoisotopic (exact) mass is 258 g/mol. The number of nitrogens with zero attached hydrogens (tertiary/aromatic N) is 1. The lowest BCUT2D eigenvalue weighted by Crippen LogP contribution is -2.09. The van der Waals surface area contributed by atoms with Crippen molar-refractivity contribution in [3.05, 3.63) is 52.2 Å². The number of rotatable bonds is 1. The Morgan fingerprint density at radius 1 is 1.11 bits per heavy atom. The highest BCUT2D eigenvalue weighted by Gasteiger charge is 2.34. The van der Waals surface area contributed by atoms with Crippen LogP contribution in [0.5, 0.6) is 0 Å². The van der Waals surface area contributed by atoms with Gasteiger partial charge in [0, 0.05) is 11.6 Å². The van der Waals surface area contributed by atoms with E-state index in [4.69, 9.17) is 0 Å². The minimum Gasteiger partial charge on any atom is -0.268 e. The average molecular weight is 258 g/mol. The number of H-pyrrole nitrogens is 1. The van der Waals surface area contributed by atoms with Gasteiger partial charge < -0.3 is 0 Å². The quantitative estimate of drug-likeness (QED) is 0.799. The molecule has 0 saturated carbocycles. The van der Waals surface area contributed by atoms with E-state index in [1.54, 1.807) is 0 Å². The minimum absolute atomic E-state index is 0.0716. The van der Waals surface area contributed by atoms with Crippen molar-refractivity contribution >= 4 is 0 Å². The van der Waals surface area contributed by atoms with Gasteiger partial charge in [-0.1, -0.05) is 6.07 Å². The third-order valence-electron chi connectivity index (χ3n) is 2.27. The SMILES string of the molecule is O=c1cc(-c2ccc(F)c(C(F)(F)F)c2)cn[nH]1. The van der Waals surface area contributed by atoms with Gasteiger partial charge in [0.15, 0.2) is 0 Å². The molecule has 0 aliphatic heterocycles. The Morgan fingerprint density at radius 2 is 1.83 bits per heavy atom. The van der Waals surface area contributed by atoms with E-state index in [1.807, 2.05) is 0 Å². The van der Waals surface area contributed by atoms with E-state index in [1.165, 1.54) is 6.20 Å². The molecule has 0 fully saturated rings. The fourth-order valence-corrected chi connectivity index (χ4v) is 1.46. The van der Waals surface area contributed by atoms with Crippen LogP contribution in [0.25, 0.3) is 11.1 Å². The summed E-state index contributed by atoms with van der Waals surface area (Å²) in [6, 6.07) is 3.59. The molecule has 0 saturated heterocycles. The van der Waals surface area contributed by atoms with Crippen molar-refractivity contribution in [2.75, 3.05) is 0 Å². The fourth-order valence-electron chi connectivity index (χ4n) is 1.46. The van der Waals surface area contributed by atoms with Gasteiger partial charge >= 0.3 is 6.18 Å². The van der Waals surface area contributed by atoms with Crippen molar-refractivity contribution in [2.24, 2.45) is 0 Å². The highest BCUT2D eigenvalue weighted by Crippen LogP contribution is 2.33. The maximum atomic E-state index is 13.1. The van der Waals surface area contributed by atoms with Crippen molar-refractivity contribution in [1.82, 2.24) is 10.2 Å². The fraction of sp³-hybridized carbons (Fsp3) is 0.0909. The Morgan fingerprint density at radius 3 is 2.44 bits per heavy atom. The zero-order valence-corrected chi connectivity index (χ0v) is 8.75. The molecule has 7 heteroatoms. The molecule has 1 aromatic heterocycles. The number of aromatic amines is 1. The van der Waals surface area contributed by atoms with Crippen molar-refractivity contribution in [3.63, 3.8) is 0 Å². The summed E-state index contributed by atoms with van der Waals surface area (Å²) in [5, 5.41) is 5.56.